The van der Waals surface area contributed by atoms with E-state index in [0.717, 1.165) is 23.1 Å². The lowest BCUT2D eigenvalue weighted by atomic mass is 9.64. The fourth-order valence-electron chi connectivity index (χ4n) is 4.52. The second kappa shape index (κ2) is 3.43. The Bertz CT molecular complexity index is 798. The summed E-state index contributed by atoms with van der Waals surface area (Å²) in [6.45, 7) is 6.26. The van der Waals surface area contributed by atoms with Crippen molar-refractivity contribution >= 4 is 17.0 Å². The number of carbonyl (C=O) groups is 1. The van der Waals surface area contributed by atoms with Gasteiger partial charge in [0.15, 0.2) is 0 Å². The fraction of sp³-hybridized carbons (Fsp3) is 0.471. The molecule has 108 valence electrons. The molecule has 0 radical (unpaired) electrons. The summed E-state index contributed by atoms with van der Waals surface area (Å²) >= 11 is 0. The topological polar surface area (TPSA) is 63.1 Å². The van der Waals surface area contributed by atoms with Crippen LogP contribution in [0.4, 0.5) is 0 Å². The van der Waals surface area contributed by atoms with E-state index in [1.54, 1.807) is 0 Å². The van der Waals surface area contributed by atoms with Crippen molar-refractivity contribution in [3.63, 3.8) is 0 Å². The average molecular weight is 282 g/mol. The Balaban J connectivity index is 2.15. The molecule has 1 aromatic carbocycles. The Morgan fingerprint density at radius 1 is 1.05 bits per heavy atom. The zero-order valence-electron chi connectivity index (χ0n) is 12.5. The van der Waals surface area contributed by atoms with Crippen LogP contribution in [0.25, 0.3) is 11.0 Å². The molecule has 2 aromatic rings. The maximum absolute atomic E-state index is 12.2. The predicted octanol–water partition coefficient (Wildman–Crippen LogP) is 3.04. The van der Waals surface area contributed by atoms with Crippen LogP contribution in [0.2, 0.25) is 0 Å². The van der Waals surface area contributed by atoms with Gasteiger partial charge in [0.2, 0.25) is 0 Å². The quantitative estimate of drug-likeness (QED) is 0.873. The predicted molar refractivity (Wildman–Crippen MR) is 79.2 cm³/mol. The standard InChI is InChI=1S/C17H18N2O2/c1-15(2)16(3)8-9-17(15,14(20)21)13-12(16)18-10-6-4-5-7-11(10)19-13/h4-7H,8-9H2,1-3H3,(H,20,21)/t16-,17-/m0/s1. The van der Waals surface area contributed by atoms with Crippen LogP contribution in [0.15, 0.2) is 24.3 Å². The molecule has 1 N–H and O–H groups in total. The van der Waals surface area contributed by atoms with Crippen LogP contribution in [-0.2, 0) is 15.6 Å². The van der Waals surface area contributed by atoms with Gasteiger partial charge in [0.25, 0.3) is 0 Å². The lowest BCUT2D eigenvalue weighted by molar-refractivity contribution is -0.148. The van der Waals surface area contributed by atoms with Crippen molar-refractivity contribution in [2.45, 2.75) is 44.4 Å². The number of hydrogen-bond acceptors (Lipinski definition) is 3. The van der Waals surface area contributed by atoms with Crippen molar-refractivity contribution < 1.29 is 9.90 Å². The first-order valence-corrected chi connectivity index (χ1v) is 7.36. The van der Waals surface area contributed by atoms with Gasteiger partial charge in [0.05, 0.1) is 22.4 Å². The zero-order valence-corrected chi connectivity index (χ0v) is 12.5. The van der Waals surface area contributed by atoms with E-state index in [4.69, 9.17) is 9.97 Å². The minimum Gasteiger partial charge on any atom is -0.481 e. The van der Waals surface area contributed by atoms with Gasteiger partial charge < -0.3 is 5.11 Å². The van der Waals surface area contributed by atoms with E-state index in [1.165, 1.54) is 0 Å². The van der Waals surface area contributed by atoms with Gasteiger partial charge in [-0.3, -0.25) is 4.79 Å². The summed E-state index contributed by atoms with van der Waals surface area (Å²) in [5, 5.41) is 9.99. The molecule has 0 saturated heterocycles. The van der Waals surface area contributed by atoms with Crippen LogP contribution in [0.3, 0.4) is 0 Å². The monoisotopic (exact) mass is 282 g/mol. The van der Waals surface area contributed by atoms with Crippen LogP contribution < -0.4 is 0 Å². The molecule has 2 bridgehead atoms. The van der Waals surface area contributed by atoms with Crippen LogP contribution >= 0.6 is 0 Å². The average Bonchev–Trinajstić information content (AvgIpc) is 2.74. The molecule has 1 heterocycles. The highest BCUT2D eigenvalue weighted by molar-refractivity contribution is 5.87. The Morgan fingerprint density at radius 3 is 2.19 bits per heavy atom. The first kappa shape index (κ1) is 12.7. The summed E-state index contributed by atoms with van der Waals surface area (Å²) in [6.07, 6.45) is 1.50. The molecule has 0 unspecified atom stereocenters. The van der Waals surface area contributed by atoms with Gasteiger partial charge in [-0.15, -0.1) is 0 Å². The highest BCUT2D eigenvalue weighted by atomic mass is 16.4. The Labute approximate surface area is 123 Å². The summed E-state index contributed by atoms with van der Waals surface area (Å²) in [6, 6.07) is 7.70. The first-order chi connectivity index (χ1) is 9.84. The fourth-order valence-corrected chi connectivity index (χ4v) is 4.52. The number of aromatic nitrogens is 2. The van der Waals surface area contributed by atoms with Gasteiger partial charge in [-0.25, -0.2) is 9.97 Å². The van der Waals surface area contributed by atoms with Gasteiger partial charge in [-0.05, 0) is 30.4 Å². The number of rotatable bonds is 1. The molecule has 4 heteroatoms. The molecule has 1 fully saturated rings. The summed E-state index contributed by atoms with van der Waals surface area (Å²) in [5.74, 6) is -0.764. The van der Waals surface area contributed by atoms with Gasteiger partial charge in [0.1, 0.15) is 5.41 Å². The summed E-state index contributed by atoms with van der Waals surface area (Å²) in [4.78, 5) is 21.7. The normalized spacial score (nSPS) is 32.3. The maximum Gasteiger partial charge on any atom is 0.316 e. The second-order valence-corrected chi connectivity index (χ2v) is 7.08. The number of hydrogen-bond donors (Lipinski definition) is 1. The van der Waals surface area contributed by atoms with Crippen molar-refractivity contribution in [3.8, 4) is 0 Å². The number of aliphatic carboxylic acids is 1. The third-order valence-corrected chi connectivity index (χ3v) is 6.31. The molecule has 1 saturated carbocycles. The smallest absolute Gasteiger partial charge is 0.316 e. The molecule has 2 atom stereocenters. The second-order valence-electron chi connectivity index (χ2n) is 7.08. The summed E-state index contributed by atoms with van der Waals surface area (Å²) < 4.78 is 0. The highest BCUT2D eigenvalue weighted by Gasteiger charge is 2.73. The molecule has 2 aliphatic carbocycles. The van der Waals surface area contributed by atoms with E-state index in [9.17, 15) is 9.90 Å². The highest BCUT2D eigenvalue weighted by Crippen LogP contribution is 2.70. The minimum absolute atomic E-state index is 0.224. The SMILES string of the molecule is CC1(C)[C@@]2(C)CC[C@@]1(C(=O)O)c1nc3ccccc3nc12. The number of benzene rings is 1. The molecular weight excluding hydrogens is 264 g/mol. The number of fused-ring (bicyclic) bond motifs is 6. The van der Waals surface area contributed by atoms with Gasteiger partial charge in [0, 0.05) is 5.41 Å². The van der Waals surface area contributed by atoms with Crippen LogP contribution in [0, 0.1) is 5.41 Å². The largest absolute Gasteiger partial charge is 0.481 e. The Morgan fingerprint density at radius 2 is 1.62 bits per heavy atom. The first-order valence-electron chi connectivity index (χ1n) is 7.36. The van der Waals surface area contributed by atoms with Crippen molar-refractivity contribution in [2.24, 2.45) is 5.41 Å². The molecule has 0 aliphatic heterocycles. The zero-order chi connectivity index (χ0) is 15.0. The van der Waals surface area contributed by atoms with Crippen LogP contribution in [0.1, 0.15) is 45.0 Å². The van der Waals surface area contributed by atoms with E-state index >= 15 is 0 Å². The third-order valence-electron chi connectivity index (χ3n) is 6.31. The Kier molecular flexibility index (Phi) is 2.08. The molecule has 0 amide bonds. The molecule has 0 spiro atoms. The molecule has 4 nitrogen and oxygen atoms in total. The molecule has 1 aromatic heterocycles. The molecule has 21 heavy (non-hydrogen) atoms. The molecule has 2 aliphatic rings. The number of carboxylic acid groups (broad SMARTS) is 1. The number of para-hydroxylation sites is 2. The van der Waals surface area contributed by atoms with Crippen LogP contribution in [-0.4, -0.2) is 21.0 Å². The number of carboxylic acids is 1. The molecular formula is C17H18N2O2. The van der Waals surface area contributed by atoms with E-state index in [0.29, 0.717) is 12.1 Å². The number of nitrogens with zero attached hydrogens (tertiary/aromatic N) is 2. The van der Waals surface area contributed by atoms with E-state index in [-0.39, 0.29) is 10.8 Å². The van der Waals surface area contributed by atoms with E-state index in [1.807, 2.05) is 24.3 Å². The third kappa shape index (κ3) is 1.13. The van der Waals surface area contributed by atoms with Crippen molar-refractivity contribution in [1.29, 1.82) is 0 Å². The summed E-state index contributed by atoms with van der Waals surface area (Å²) in [5.41, 5.74) is 1.69. The van der Waals surface area contributed by atoms with E-state index < -0.39 is 11.4 Å². The van der Waals surface area contributed by atoms with Crippen molar-refractivity contribution in [3.05, 3.63) is 35.7 Å². The Hall–Kier alpha value is -1.97. The van der Waals surface area contributed by atoms with Crippen molar-refractivity contribution in [2.75, 3.05) is 0 Å². The summed E-state index contributed by atoms with van der Waals surface area (Å²) in [7, 11) is 0. The van der Waals surface area contributed by atoms with Gasteiger partial charge >= 0.3 is 5.97 Å². The lowest BCUT2D eigenvalue weighted by Crippen LogP contribution is -2.45. The lowest BCUT2D eigenvalue weighted by Gasteiger charge is -2.37. The minimum atomic E-state index is -0.909. The van der Waals surface area contributed by atoms with Gasteiger partial charge in [-0.2, -0.15) is 0 Å². The van der Waals surface area contributed by atoms with Crippen molar-refractivity contribution in [1.82, 2.24) is 9.97 Å². The van der Waals surface area contributed by atoms with Gasteiger partial charge in [-0.1, -0.05) is 32.9 Å². The van der Waals surface area contributed by atoms with Crippen LogP contribution in [0.5, 0.6) is 0 Å². The maximum atomic E-state index is 12.2. The van der Waals surface area contributed by atoms with E-state index in [2.05, 4.69) is 20.8 Å². The molecule has 4 rings (SSSR count).